The van der Waals surface area contributed by atoms with Gasteiger partial charge in [-0.2, -0.15) is 13.2 Å². The summed E-state index contributed by atoms with van der Waals surface area (Å²) in [6.45, 7) is 1.69. The number of halogens is 3. The lowest BCUT2D eigenvalue weighted by molar-refractivity contribution is -0.136. The van der Waals surface area contributed by atoms with Crippen molar-refractivity contribution in [2.24, 2.45) is 0 Å². The van der Waals surface area contributed by atoms with Crippen LogP contribution in [-0.2, 0) is 11.0 Å². The van der Waals surface area contributed by atoms with Crippen molar-refractivity contribution in [3.05, 3.63) is 42.0 Å². The summed E-state index contributed by atoms with van der Waals surface area (Å²) < 4.78 is 38.6. The quantitative estimate of drug-likeness (QED) is 0.905. The van der Waals surface area contributed by atoms with Crippen molar-refractivity contribution in [2.45, 2.75) is 19.5 Å². The molecule has 0 radical (unpaired) electrons. The fourth-order valence-corrected chi connectivity index (χ4v) is 1.67. The van der Waals surface area contributed by atoms with Gasteiger partial charge in [0.05, 0.1) is 11.3 Å². The van der Waals surface area contributed by atoms with Gasteiger partial charge in [0.1, 0.15) is 0 Å². The van der Waals surface area contributed by atoms with E-state index in [0.717, 1.165) is 6.07 Å². The summed E-state index contributed by atoms with van der Waals surface area (Å²) in [5.41, 5.74) is -0.908. The summed E-state index contributed by atoms with van der Waals surface area (Å²) in [5.74, 6) is 0.158. The lowest BCUT2D eigenvalue weighted by Crippen LogP contribution is -2.12. The van der Waals surface area contributed by atoms with E-state index >= 15 is 0 Å². The number of benzene rings is 1. The molecule has 0 aliphatic carbocycles. The van der Waals surface area contributed by atoms with Gasteiger partial charge in [-0.1, -0.05) is 19.1 Å². The number of nitrogens with zero attached hydrogens (tertiary/aromatic N) is 2. The van der Waals surface area contributed by atoms with Crippen LogP contribution < -0.4 is 10.6 Å². The first kappa shape index (κ1) is 15.7. The maximum Gasteiger partial charge on any atom is 0.418 e. The standard InChI is InChI=1S/C14H13F3N4O/c1-2-13(22)19-12-8-7-11(20-21-12)18-10-6-4-3-5-9(10)14(15,16)17/h3-8H,2H2,1H3,(H,18,20)(H,19,21,22). The highest BCUT2D eigenvalue weighted by molar-refractivity contribution is 5.89. The predicted molar refractivity (Wildman–Crippen MR) is 75.7 cm³/mol. The van der Waals surface area contributed by atoms with E-state index in [1.807, 2.05) is 0 Å². The molecule has 0 atom stereocenters. The number of rotatable bonds is 4. The molecule has 1 heterocycles. The highest BCUT2D eigenvalue weighted by Gasteiger charge is 2.33. The monoisotopic (exact) mass is 310 g/mol. The number of hydrogen-bond acceptors (Lipinski definition) is 4. The molecule has 0 spiro atoms. The van der Waals surface area contributed by atoms with Gasteiger partial charge < -0.3 is 10.6 Å². The third kappa shape index (κ3) is 3.94. The molecule has 0 aliphatic heterocycles. The average molecular weight is 310 g/mol. The summed E-state index contributed by atoms with van der Waals surface area (Å²) in [5, 5.41) is 12.5. The summed E-state index contributed by atoms with van der Waals surface area (Å²) in [6, 6.07) is 7.97. The number of nitrogens with one attached hydrogen (secondary N) is 2. The number of para-hydroxylation sites is 1. The van der Waals surface area contributed by atoms with Crippen LogP contribution in [0.5, 0.6) is 0 Å². The average Bonchev–Trinajstić information content (AvgIpc) is 2.48. The highest BCUT2D eigenvalue weighted by Crippen LogP contribution is 2.35. The Morgan fingerprint density at radius 2 is 1.73 bits per heavy atom. The Morgan fingerprint density at radius 1 is 1.09 bits per heavy atom. The van der Waals surface area contributed by atoms with Gasteiger partial charge in [-0.25, -0.2) is 0 Å². The van der Waals surface area contributed by atoms with Gasteiger partial charge in [-0.15, -0.1) is 10.2 Å². The van der Waals surface area contributed by atoms with Crippen LogP contribution in [-0.4, -0.2) is 16.1 Å². The molecule has 1 amide bonds. The van der Waals surface area contributed by atoms with Crippen LogP contribution >= 0.6 is 0 Å². The number of alkyl halides is 3. The molecule has 8 heteroatoms. The minimum absolute atomic E-state index is 0.116. The lowest BCUT2D eigenvalue weighted by atomic mass is 10.1. The molecule has 116 valence electrons. The van der Waals surface area contributed by atoms with Gasteiger partial charge in [0.25, 0.3) is 0 Å². The molecule has 2 rings (SSSR count). The first-order chi connectivity index (χ1) is 10.4. The molecule has 0 aliphatic rings. The van der Waals surface area contributed by atoms with Crippen molar-refractivity contribution in [3.8, 4) is 0 Å². The molecule has 0 saturated heterocycles. The summed E-state index contributed by atoms with van der Waals surface area (Å²) in [6.07, 6.45) is -4.17. The lowest BCUT2D eigenvalue weighted by Gasteiger charge is -2.13. The van der Waals surface area contributed by atoms with E-state index in [-0.39, 0.29) is 23.2 Å². The third-order valence-corrected chi connectivity index (χ3v) is 2.75. The smallest absolute Gasteiger partial charge is 0.338 e. The molecular weight excluding hydrogens is 297 g/mol. The van der Waals surface area contributed by atoms with E-state index in [2.05, 4.69) is 20.8 Å². The number of aromatic nitrogens is 2. The minimum Gasteiger partial charge on any atom is -0.338 e. The van der Waals surface area contributed by atoms with Crippen LogP contribution in [0.25, 0.3) is 0 Å². The zero-order valence-electron chi connectivity index (χ0n) is 11.6. The maximum atomic E-state index is 12.9. The van der Waals surface area contributed by atoms with Crippen molar-refractivity contribution in [3.63, 3.8) is 0 Å². The van der Waals surface area contributed by atoms with E-state index < -0.39 is 11.7 Å². The maximum absolute atomic E-state index is 12.9. The van der Waals surface area contributed by atoms with E-state index in [1.165, 1.54) is 30.3 Å². The SMILES string of the molecule is CCC(=O)Nc1ccc(Nc2ccccc2C(F)(F)F)nn1. The Bertz CT molecular complexity index is 656. The zero-order valence-corrected chi connectivity index (χ0v) is 11.6. The minimum atomic E-state index is -4.47. The van der Waals surface area contributed by atoms with Gasteiger partial charge in [-0.3, -0.25) is 4.79 Å². The van der Waals surface area contributed by atoms with Gasteiger partial charge >= 0.3 is 6.18 Å². The fraction of sp³-hybridized carbons (Fsp3) is 0.214. The Hall–Kier alpha value is -2.64. The highest BCUT2D eigenvalue weighted by atomic mass is 19.4. The molecule has 22 heavy (non-hydrogen) atoms. The van der Waals surface area contributed by atoms with Gasteiger partial charge in [-0.05, 0) is 24.3 Å². The molecule has 0 saturated carbocycles. The molecule has 1 aromatic heterocycles. The Morgan fingerprint density at radius 3 is 2.32 bits per heavy atom. The van der Waals surface area contributed by atoms with Crippen molar-refractivity contribution < 1.29 is 18.0 Å². The van der Waals surface area contributed by atoms with Crippen molar-refractivity contribution in [1.82, 2.24) is 10.2 Å². The largest absolute Gasteiger partial charge is 0.418 e. The van der Waals surface area contributed by atoms with E-state index in [4.69, 9.17) is 0 Å². The molecule has 1 aromatic carbocycles. The molecule has 2 aromatic rings. The second-order valence-corrected chi connectivity index (χ2v) is 4.37. The van der Waals surface area contributed by atoms with Crippen molar-refractivity contribution in [1.29, 1.82) is 0 Å². The second-order valence-electron chi connectivity index (χ2n) is 4.37. The number of carbonyl (C=O) groups is 1. The van der Waals surface area contributed by atoms with Gasteiger partial charge in [0.2, 0.25) is 5.91 Å². The summed E-state index contributed by atoms with van der Waals surface area (Å²) in [7, 11) is 0. The van der Waals surface area contributed by atoms with Gasteiger partial charge in [0, 0.05) is 6.42 Å². The van der Waals surface area contributed by atoms with E-state index in [1.54, 1.807) is 6.92 Å². The molecule has 0 bridgehead atoms. The summed E-state index contributed by atoms with van der Waals surface area (Å²) >= 11 is 0. The topological polar surface area (TPSA) is 66.9 Å². The molecule has 2 N–H and O–H groups in total. The predicted octanol–water partition coefficient (Wildman–Crippen LogP) is 3.59. The fourth-order valence-electron chi connectivity index (χ4n) is 1.67. The first-order valence-electron chi connectivity index (χ1n) is 6.47. The van der Waals surface area contributed by atoms with Crippen LogP contribution in [0.1, 0.15) is 18.9 Å². The number of anilines is 3. The van der Waals surface area contributed by atoms with Crippen molar-refractivity contribution >= 4 is 23.2 Å². The number of hydrogen-bond donors (Lipinski definition) is 2. The van der Waals surface area contributed by atoms with E-state index in [0.29, 0.717) is 6.42 Å². The Balaban J connectivity index is 2.17. The first-order valence-corrected chi connectivity index (χ1v) is 6.47. The van der Waals surface area contributed by atoms with Crippen LogP contribution in [0, 0.1) is 0 Å². The Kier molecular flexibility index (Phi) is 4.59. The normalized spacial score (nSPS) is 11.1. The number of carbonyl (C=O) groups excluding carboxylic acids is 1. The van der Waals surface area contributed by atoms with E-state index in [9.17, 15) is 18.0 Å². The van der Waals surface area contributed by atoms with Crippen LogP contribution in [0.4, 0.5) is 30.5 Å². The third-order valence-electron chi connectivity index (χ3n) is 2.75. The zero-order chi connectivity index (χ0) is 16.2. The second kappa shape index (κ2) is 6.42. The Labute approximate surface area is 124 Å². The summed E-state index contributed by atoms with van der Waals surface area (Å²) in [4.78, 5) is 11.2. The molecule has 0 unspecified atom stereocenters. The van der Waals surface area contributed by atoms with Crippen molar-refractivity contribution in [2.75, 3.05) is 10.6 Å². The molecule has 5 nitrogen and oxygen atoms in total. The molecule has 0 fully saturated rings. The van der Waals surface area contributed by atoms with Gasteiger partial charge in [0.15, 0.2) is 11.6 Å². The number of amides is 1. The van der Waals surface area contributed by atoms with Crippen LogP contribution in [0.3, 0.4) is 0 Å². The van der Waals surface area contributed by atoms with Crippen LogP contribution in [0.2, 0.25) is 0 Å². The molecular formula is C14H13F3N4O. The van der Waals surface area contributed by atoms with Crippen LogP contribution in [0.15, 0.2) is 36.4 Å².